The molecule has 0 amide bonds. The zero-order chi connectivity index (χ0) is 30.7. The zero-order valence-corrected chi connectivity index (χ0v) is 26.2. The second-order valence-corrected chi connectivity index (χ2v) is 11.0. The van der Waals surface area contributed by atoms with Gasteiger partial charge in [-0.05, 0) is 88.1 Å². The highest BCUT2D eigenvalue weighted by molar-refractivity contribution is 6.30. The van der Waals surface area contributed by atoms with E-state index in [0.29, 0.717) is 29.4 Å². The Hall–Kier alpha value is -4.23. The van der Waals surface area contributed by atoms with Crippen molar-refractivity contribution < 1.29 is 23.8 Å². The van der Waals surface area contributed by atoms with Crippen LogP contribution in [0.25, 0.3) is 5.76 Å². The lowest BCUT2D eigenvalue weighted by Crippen LogP contribution is -2.27. The quantitative estimate of drug-likeness (QED) is 0.166. The van der Waals surface area contributed by atoms with Gasteiger partial charge in [-0.25, -0.2) is 9.59 Å². The van der Waals surface area contributed by atoms with Gasteiger partial charge in [0, 0.05) is 35.1 Å². The first-order valence-electron chi connectivity index (χ1n) is 13.7. The Kier molecular flexibility index (Phi) is 9.32. The molecule has 0 atom stereocenters. The van der Waals surface area contributed by atoms with Crippen molar-refractivity contribution in [1.29, 1.82) is 0 Å². The topological polar surface area (TPSA) is 68.3 Å². The van der Waals surface area contributed by atoms with Gasteiger partial charge < -0.3 is 24.0 Å². The van der Waals surface area contributed by atoms with Crippen LogP contribution in [-0.2, 0) is 23.8 Å². The maximum atomic E-state index is 12.9. The molecule has 42 heavy (non-hydrogen) atoms. The molecule has 220 valence electrons. The predicted molar refractivity (Wildman–Crippen MR) is 168 cm³/mol. The molecule has 0 radical (unpaired) electrons. The van der Waals surface area contributed by atoms with Crippen LogP contribution in [0.1, 0.15) is 38.9 Å². The number of nitrogens with zero attached hydrogens (tertiary/aromatic N) is 2. The summed E-state index contributed by atoms with van der Waals surface area (Å²) < 4.78 is 16.2. The number of carbonyl (C=O) groups excluding carboxylic acids is 2. The Morgan fingerprint density at radius 1 is 0.738 bits per heavy atom. The molecule has 7 nitrogen and oxygen atoms in total. The molecule has 4 rings (SSSR count). The Morgan fingerprint density at radius 2 is 1.19 bits per heavy atom. The number of ether oxygens (including phenoxy) is 3. The Balaban J connectivity index is 2.09. The summed E-state index contributed by atoms with van der Waals surface area (Å²) >= 11 is 6.28. The van der Waals surface area contributed by atoms with Gasteiger partial charge in [-0.3, -0.25) is 0 Å². The molecule has 0 unspecified atom stereocenters. The SMILES string of the molecule is COC(=O)/C=C(/OC(=C1N(c2c(C)cc(C)cc2C)CCN1c1c(C)cc(C)cc1C)c1ccc(Cl)cc1)C(=O)OC. The van der Waals surface area contributed by atoms with E-state index in [0.717, 1.165) is 45.5 Å². The third kappa shape index (κ3) is 6.31. The number of methoxy groups -OCH3 is 2. The van der Waals surface area contributed by atoms with Gasteiger partial charge >= 0.3 is 11.9 Å². The summed E-state index contributed by atoms with van der Waals surface area (Å²) in [4.78, 5) is 29.6. The van der Waals surface area contributed by atoms with E-state index in [9.17, 15) is 9.59 Å². The molecule has 1 heterocycles. The van der Waals surface area contributed by atoms with Crippen LogP contribution in [0.3, 0.4) is 0 Å². The van der Waals surface area contributed by atoms with Crippen LogP contribution in [0.4, 0.5) is 11.4 Å². The summed E-state index contributed by atoms with van der Waals surface area (Å²) in [7, 11) is 2.47. The van der Waals surface area contributed by atoms with E-state index < -0.39 is 11.9 Å². The maximum Gasteiger partial charge on any atom is 0.374 e. The Morgan fingerprint density at radius 3 is 1.60 bits per heavy atom. The first-order valence-corrected chi connectivity index (χ1v) is 14.1. The fraction of sp³-hybridized carbons (Fsp3) is 0.294. The third-order valence-corrected chi connectivity index (χ3v) is 7.48. The number of benzene rings is 3. The third-order valence-electron chi connectivity index (χ3n) is 7.23. The first-order chi connectivity index (χ1) is 19.9. The minimum Gasteiger partial charge on any atom is -0.466 e. The lowest BCUT2D eigenvalue weighted by Gasteiger charge is -2.31. The van der Waals surface area contributed by atoms with Crippen molar-refractivity contribution in [2.24, 2.45) is 0 Å². The number of anilines is 2. The second-order valence-electron chi connectivity index (χ2n) is 10.6. The average Bonchev–Trinajstić information content (AvgIpc) is 3.33. The van der Waals surface area contributed by atoms with Crippen molar-refractivity contribution in [2.75, 3.05) is 37.1 Å². The van der Waals surface area contributed by atoms with Crippen molar-refractivity contribution in [2.45, 2.75) is 41.5 Å². The van der Waals surface area contributed by atoms with Gasteiger partial charge in [-0.1, -0.05) is 47.0 Å². The number of esters is 2. The Bertz CT molecular complexity index is 1480. The van der Waals surface area contributed by atoms with E-state index in [-0.39, 0.29) is 5.76 Å². The number of hydrogen-bond acceptors (Lipinski definition) is 7. The highest BCUT2D eigenvalue weighted by Crippen LogP contribution is 2.42. The number of hydrogen-bond donors (Lipinski definition) is 0. The second kappa shape index (κ2) is 12.7. The first kappa shape index (κ1) is 30.7. The molecule has 0 N–H and O–H groups in total. The van der Waals surface area contributed by atoms with Gasteiger partial charge in [0.15, 0.2) is 11.6 Å². The monoisotopic (exact) mass is 588 g/mol. The van der Waals surface area contributed by atoms with Crippen molar-refractivity contribution in [1.82, 2.24) is 0 Å². The maximum absolute atomic E-state index is 12.9. The van der Waals surface area contributed by atoms with Crippen molar-refractivity contribution in [3.63, 3.8) is 0 Å². The molecular weight excluding hydrogens is 552 g/mol. The van der Waals surface area contributed by atoms with Gasteiger partial charge in [-0.15, -0.1) is 0 Å². The zero-order valence-electron chi connectivity index (χ0n) is 25.4. The molecule has 8 heteroatoms. The molecule has 0 bridgehead atoms. The number of halogens is 1. The molecule has 3 aromatic carbocycles. The molecular formula is C34H37ClN2O5. The van der Waals surface area contributed by atoms with Crippen molar-refractivity contribution in [3.8, 4) is 0 Å². The van der Waals surface area contributed by atoms with Crippen LogP contribution in [0.15, 0.2) is 66.2 Å². The highest BCUT2D eigenvalue weighted by atomic mass is 35.5. The lowest BCUT2D eigenvalue weighted by atomic mass is 10.0. The molecule has 0 saturated carbocycles. The van der Waals surface area contributed by atoms with Crippen LogP contribution in [0.5, 0.6) is 0 Å². The standard InChI is InChI=1S/C34H37ClN2O5/c1-20-15-22(3)30(23(4)16-20)36-13-14-37(31-24(5)17-21(2)18-25(31)6)33(36)32(26-9-11-27(35)12-10-26)42-28(34(39)41-8)19-29(38)40-7/h9-12,15-19H,13-14H2,1-8H3/b28-19+. The van der Waals surface area contributed by atoms with Crippen molar-refractivity contribution in [3.05, 3.63) is 110 Å². The van der Waals surface area contributed by atoms with Crippen molar-refractivity contribution >= 4 is 40.7 Å². The van der Waals surface area contributed by atoms with E-state index in [4.69, 9.17) is 25.8 Å². The van der Waals surface area contributed by atoms with Gasteiger partial charge in [0.2, 0.25) is 5.76 Å². The van der Waals surface area contributed by atoms with Gasteiger partial charge in [0.1, 0.15) is 0 Å². The number of aryl methyl sites for hydroxylation is 6. The molecule has 1 aliphatic rings. The average molecular weight is 589 g/mol. The molecule has 0 aliphatic carbocycles. The summed E-state index contributed by atoms with van der Waals surface area (Å²) in [5.41, 5.74) is 9.54. The Labute approximate surface area is 252 Å². The minimum atomic E-state index is -0.811. The van der Waals surface area contributed by atoms with Crippen LogP contribution < -0.4 is 9.80 Å². The molecule has 1 fully saturated rings. The summed E-state index contributed by atoms with van der Waals surface area (Å²) in [6, 6.07) is 15.8. The molecule has 1 aliphatic heterocycles. The van der Waals surface area contributed by atoms with Gasteiger partial charge in [0.05, 0.1) is 20.3 Å². The normalized spacial score (nSPS) is 13.4. The number of carbonyl (C=O) groups is 2. The van der Waals surface area contributed by atoms with E-state index >= 15 is 0 Å². The lowest BCUT2D eigenvalue weighted by molar-refractivity contribution is -0.140. The van der Waals surface area contributed by atoms with E-state index in [1.807, 2.05) is 12.1 Å². The smallest absolute Gasteiger partial charge is 0.374 e. The van der Waals surface area contributed by atoms with Gasteiger partial charge in [-0.2, -0.15) is 0 Å². The minimum absolute atomic E-state index is 0.302. The number of rotatable bonds is 7. The fourth-order valence-corrected chi connectivity index (χ4v) is 5.90. The molecule has 0 aromatic heterocycles. The van der Waals surface area contributed by atoms with E-state index in [1.54, 1.807) is 12.1 Å². The summed E-state index contributed by atoms with van der Waals surface area (Å²) in [6.45, 7) is 13.9. The largest absolute Gasteiger partial charge is 0.466 e. The highest BCUT2D eigenvalue weighted by Gasteiger charge is 2.36. The van der Waals surface area contributed by atoms with E-state index in [2.05, 4.69) is 75.6 Å². The van der Waals surface area contributed by atoms with Crippen LogP contribution >= 0.6 is 11.6 Å². The van der Waals surface area contributed by atoms with E-state index in [1.165, 1.54) is 25.3 Å². The van der Waals surface area contributed by atoms with Crippen LogP contribution in [0.2, 0.25) is 5.02 Å². The molecule has 3 aromatic rings. The summed E-state index contributed by atoms with van der Waals surface area (Å²) in [5.74, 6) is -0.769. The van der Waals surface area contributed by atoms with Crippen LogP contribution in [-0.4, -0.2) is 39.2 Å². The van der Waals surface area contributed by atoms with Gasteiger partial charge in [0.25, 0.3) is 0 Å². The molecule has 1 saturated heterocycles. The fourth-order valence-electron chi connectivity index (χ4n) is 5.78. The predicted octanol–water partition coefficient (Wildman–Crippen LogP) is 7.09. The van der Waals surface area contributed by atoms with Crippen LogP contribution in [0, 0.1) is 41.5 Å². The molecule has 0 spiro atoms. The summed E-state index contributed by atoms with van der Waals surface area (Å²) in [5, 5.41) is 0.553. The summed E-state index contributed by atoms with van der Waals surface area (Å²) in [6.07, 6.45) is 0.997.